The van der Waals surface area contributed by atoms with Crippen molar-refractivity contribution < 1.29 is 27.9 Å². The number of rotatable bonds is 8. The van der Waals surface area contributed by atoms with E-state index in [4.69, 9.17) is 10.5 Å². The van der Waals surface area contributed by atoms with Crippen molar-refractivity contribution in [3.63, 3.8) is 0 Å². The molecule has 0 saturated carbocycles. The Labute approximate surface area is 134 Å². The van der Waals surface area contributed by atoms with Crippen molar-refractivity contribution in [3.05, 3.63) is 47.4 Å². The number of carbonyl (C=O) groups excluding carboxylic acids is 1. The standard InChI is InChI=1S/C15H19NO6S/c1-23(20,21)10-6-5-9-15(16,13(17)18)14(19)22-11-12-7-3-2-4-8-12/h2-4,6-8,10H,5,9,11,16H2,1H3,(H,17,18)/b10-6+. The highest BCUT2D eigenvalue weighted by Gasteiger charge is 2.43. The van der Waals surface area contributed by atoms with Crippen molar-refractivity contribution >= 4 is 21.8 Å². The molecule has 0 amide bonds. The van der Waals surface area contributed by atoms with E-state index in [2.05, 4.69) is 0 Å². The van der Waals surface area contributed by atoms with Crippen LogP contribution in [0.5, 0.6) is 0 Å². The molecule has 8 heteroatoms. The van der Waals surface area contributed by atoms with E-state index in [1.165, 1.54) is 6.08 Å². The first-order valence-electron chi connectivity index (χ1n) is 6.75. The van der Waals surface area contributed by atoms with E-state index in [0.717, 1.165) is 11.7 Å². The first-order chi connectivity index (χ1) is 10.6. The maximum Gasteiger partial charge on any atom is 0.338 e. The van der Waals surface area contributed by atoms with Gasteiger partial charge in [-0.2, -0.15) is 0 Å². The molecule has 0 spiro atoms. The molecule has 0 bridgehead atoms. The van der Waals surface area contributed by atoms with Gasteiger partial charge < -0.3 is 15.6 Å². The smallest absolute Gasteiger partial charge is 0.338 e. The monoisotopic (exact) mass is 341 g/mol. The molecule has 0 radical (unpaired) electrons. The lowest BCUT2D eigenvalue weighted by Gasteiger charge is -2.22. The highest BCUT2D eigenvalue weighted by atomic mass is 32.2. The van der Waals surface area contributed by atoms with Crippen molar-refractivity contribution in [2.45, 2.75) is 25.0 Å². The Kier molecular flexibility index (Phi) is 6.47. The van der Waals surface area contributed by atoms with Crippen LogP contribution < -0.4 is 5.73 Å². The molecule has 0 aliphatic carbocycles. The minimum absolute atomic E-state index is 0.0102. The van der Waals surface area contributed by atoms with Crippen LogP contribution in [-0.4, -0.2) is 37.3 Å². The third kappa shape index (κ3) is 6.21. The first-order valence-corrected chi connectivity index (χ1v) is 8.70. The molecule has 7 nitrogen and oxygen atoms in total. The molecule has 126 valence electrons. The summed E-state index contributed by atoms with van der Waals surface area (Å²) in [5.41, 5.74) is 4.11. The molecule has 1 atom stereocenters. The number of hydrogen-bond acceptors (Lipinski definition) is 6. The van der Waals surface area contributed by atoms with Crippen molar-refractivity contribution in [1.29, 1.82) is 0 Å². The lowest BCUT2D eigenvalue weighted by atomic mass is 9.95. The third-order valence-corrected chi connectivity index (χ3v) is 3.69. The van der Waals surface area contributed by atoms with Gasteiger partial charge in [-0.1, -0.05) is 36.4 Å². The number of hydrogen-bond donors (Lipinski definition) is 2. The van der Waals surface area contributed by atoms with Crippen molar-refractivity contribution in [3.8, 4) is 0 Å². The summed E-state index contributed by atoms with van der Waals surface area (Å²) in [6.07, 6.45) is 1.99. The second-order valence-corrected chi connectivity index (χ2v) is 7.01. The predicted molar refractivity (Wildman–Crippen MR) is 84.0 cm³/mol. The number of ether oxygens (including phenoxy) is 1. The molecule has 0 fully saturated rings. The number of carboxylic acids is 1. The van der Waals surface area contributed by atoms with Crippen molar-refractivity contribution in [2.75, 3.05) is 6.26 Å². The van der Waals surface area contributed by atoms with Crippen LogP contribution >= 0.6 is 0 Å². The van der Waals surface area contributed by atoms with E-state index in [1.807, 2.05) is 0 Å². The Morgan fingerprint density at radius 2 is 1.91 bits per heavy atom. The highest BCUT2D eigenvalue weighted by Crippen LogP contribution is 2.15. The summed E-state index contributed by atoms with van der Waals surface area (Å²) in [5.74, 6) is -2.59. The normalized spacial score (nSPS) is 14.3. The molecule has 3 N–H and O–H groups in total. The SMILES string of the molecule is CS(=O)(=O)/C=C/CCC(N)(C(=O)O)C(=O)OCc1ccccc1. The second kappa shape index (κ2) is 7.89. The number of carbonyl (C=O) groups is 2. The first kappa shape index (κ1) is 18.9. The highest BCUT2D eigenvalue weighted by molar-refractivity contribution is 7.93. The Balaban J connectivity index is 2.69. The molecule has 0 aliphatic rings. The van der Waals surface area contributed by atoms with E-state index >= 15 is 0 Å². The van der Waals surface area contributed by atoms with Crippen LogP contribution in [0.15, 0.2) is 41.8 Å². The largest absolute Gasteiger partial charge is 0.479 e. The molecule has 0 aliphatic heterocycles. The van der Waals surface area contributed by atoms with Gasteiger partial charge in [0.15, 0.2) is 9.84 Å². The molecule has 1 aromatic rings. The Morgan fingerprint density at radius 1 is 1.30 bits per heavy atom. The topological polar surface area (TPSA) is 124 Å². The Morgan fingerprint density at radius 3 is 2.43 bits per heavy atom. The summed E-state index contributed by atoms with van der Waals surface area (Å²) in [6, 6.07) is 8.75. The molecule has 23 heavy (non-hydrogen) atoms. The number of esters is 1. The zero-order valence-corrected chi connectivity index (χ0v) is 13.5. The van der Waals surface area contributed by atoms with Gasteiger partial charge in [-0.25, -0.2) is 18.0 Å². The van der Waals surface area contributed by atoms with Gasteiger partial charge in [-0.05, 0) is 18.4 Å². The quantitative estimate of drug-likeness (QED) is 0.530. The van der Waals surface area contributed by atoms with Gasteiger partial charge in [0.25, 0.3) is 0 Å². The summed E-state index contributed by atoms with van der Waals surface area (Å²) in [5, 5.41) is 10.1. The molecular formula is C15H19NO6S. The fraction of sp³-hybridized carbons (Fsp3) is 0.333. The van der Waals surface area contributed by atoms with Gasteiger partial charge in [-0.15, -0.1) is 0 Å². The summed E-state index contributed by atoms with van der Waals surface area (Å²) in [6.45, 7) is -0.0922. The lowest BCUT2D eigenvalue weighted by Crippen LogP contribution is -2.55. The summed E-state index contributed by atoms with van der Waals surface area (Å²) >= 11 is 0. The van der Waals surface area contributed by atoms with Gasteiger partial charge in [-0.3, -0.25) is 0 Å². The average molecular weight is 341 g/mol. The molecule has 1 unspecified atom stereocenters. The third-order valence-electron chi connectivity index (χ3n) is 3.01. The van der Waals surface area contributed by atoms with E-state index in [9.17, 15) is 23.1 Å². The van der Waals surface area contributed by atoms with Crippen LogP contribution in [0.4, 0.5) is 0 Å². The summed E-state index contributed by atoms with van der Waals surface area (Å²) in [4.78, 5) is 23.3. The molecule has 0 saturated heterocycles. The van der Waals surface area contributed by atoms with Gasteiger partial charge in [0, 0.05) is 11.7 Å². The number of sulfone groups is 1. The number of carboxylic acid groups (broad SMARTS) is 1. The van der Waals surface area contributed by atoms with Crippen LogP contribution in [0.1, 0.15) is 18.4 Å². The Bertz CT molecular complexity index is 683. The number of benzene rings is 1. The summed E-state index contributed by atoms with van der Waals surface area (Å²) in [7, 11) is -3.31. The molecule has 0 aromatic heterocycles. The fourth-order valence-electron chi connectivity index (χ4n) is 1.70. The lowest BCUT2D eigenvalue weighted by molar-refractivity contribution is -0.162. The minimum Gasteiger partial charge on any atom is -0.479 e. The fourth-order valence-corrected chi connectivity index (χ4v) is 2.19. The maximum atomic E-state index is 12.0. The zero-order chi connectivity index (χ0) is 17.5. The molecular weight excluding hydrogens is 322 g/mol. The van der Waals surface area contributed by atoms with Gasteiger partial charge in [0.05, 0.1) is 0 Å². The van der Waals surface area contributed by atoms with E-state index in [1.54, 1.807) is 30.3 Å². The van der Waals surface area contributed by atoms with Crippen molar-refractivity contribution in [2.24, 2.45) is 5.73 Å². The Hall–Kier alpha value is -2.19. The number of allylic oxidation sites excluding steroid dienone is 1. The molecule has 0 heterocycles. The van der Waals surface area contributed by atoms with E-state index < -0.39 is 27.3 Å². The van der Waals surface area contributed by atoms with Gasteiger partial charge in [0.1, 0.15) is 6.61 Å². The minimum atomic E-state index is -3.31. The van der Waals surface area contributed by atoms with E-state index in [-0.39, 0.29) is 19.4 Å². The van der Waals surface area contributed by atoms with Gasteiger partial charge >= 0.3 is 11.9 Å². The molecule has 1 rings (SSSR count). The molecule has 1 aromatic carbocycles. The van der Waals surface area contributed by atoms with Crippen LogP contribution in [-0.2, 0) is 30.8 Å². The van der Waals surface area contributed by atoms with Gasteiger partial charge in [0.2, 0.25) is 5.54 Å². The average Bonchev–Trinajstić information content (AvgIpc) is 2.48. The predicted octanol–water partition coefficient (Wildman–Crippen LogP) is 0.850. The number of aliphatic carboxylic acids is 1. The van der Waals surface area contributed by atoms with Crippen molar-refractivity contribution in [1.82, 2.24) is 0 Å². The summed E-state index contributed by atoms with van der Waals surface area (Å²) < 4.78 is 26.9. The maximum absolute atomic E-state index is 12.0. The zero-order valence-electron chi connectivity index (χ0n) is 12.6. The number of nitrogens with two attached hydrogens (primary N) is 1. The van der Waals surface area contributed by atoms with E-state index in [0.29, 0.717) is 5.56 Å². The second-order valence-electron chi connectivity index (χ2n) is 5.08. The van der Waals surface area contributed by atoms with Crippen LogP contribution in [0, 0.1) is 0 Å². The van der Waals surface area contributed by atoms with Crippen LogP contribution in [0.2, 0.25) is 0 Å². The van der Waals surface area contributed by atoms with Crippen LogP contribution in [0.25, 0.3) is 0 Å². The van der Waals surface area contributed by atoms with Crippen LogP contribution in [0.3, 0.4) is 0 Å².